The van der Waals surface area contributed by atoms with Crippen molar-refractivity contribution in [2.24, 2.45) is 0 Å². The second-order valence-corrected chi connectivity index (χ2v) is 6.86. The number of hydrogen-bond donors (Lipinski definition) is 2. The lowest BCUT2D eigenvalue weighted by Crippen LogP contribution is -2.12. The van der Waals surface area contributed by atoms with Crippen molar-refractivity contribution in [1.29, 1.82) is 5.26 Å². The van der Waals surface area contributed by atoms with Crippen LogP contribution in [0.3, 0.4) is 0 Å². The Hall–Kier alpha value is -2.08. The van der Waals surface area contributed by atoms with Gasteiger partial charge >= 0.3 is 5.97 Å². The quantitative estimate of drug-likeness (QED) is 0.888. The maximum atomic E-state index is 12.1. The van der Waals surface area contributed by atoms with Gasteiger partial charge in [-0.3, -0.25) is 4.72 Å². The highest BCUT2D eigenvalue weighted by Crippen LogP contribution is 2.25. The van der Waals surface area contributed by atoms with Crippen LogP contribution in [0.2, 0.25) is 5.02 Å². The average molecular weight is 343 g/mol. The fourth-order valence-electron chi connectivity index (χ4n) is 1.46. The number of rotatable bonds is 4. The van der Waals surface area contributed by atoms with Crippen molar-refractivity contribution in [3.63, 3.8) is 0 Å². The highest BCUT2D eigenvalue weighted by molar-refractivity contribution is 7.92. The number of anilines is 1. The zero-order chi connectivity index (χ0) is 15.6. The minimum atomic E-state index is -3.91. The first kappa shape index (κ1) is 15.3. The van der Waals surface area contributed by atoms with Gasteiger partial charge in [-0.1, -0.05) is 11.6 Å². The molecule has 0 aliphatic carbocycles. The summed E-state index contributed by atoms with van der Waals surface area (Å²) in [5, 5.41) is 18.9. The van der Waals surface area contributed by atoms with Gasteiger partial charge in [0.05, 0.1) is 21.2 Å². The molecule has 1 heterocycles. The maximum Gasteiger partial charge on any atom is 0.345 e. The summed E-state index contributed by atoms with van der Waals surface area (Å²) in [5.41, 5.74) is 0.408. The van der Waals surface area contributed by atoms with Crippen LogP contribution in [-0.2, 0) is 10.0 Å². The van der Waals surface area contributed by atoms with E-state index in [4.69, 9.17) is 22.0 Å². The molecular formula is C12H7ClN2O4S2. The van der Waals surface area contributed by atoms with E-state index in [1.165, 1.54) is 23.6 Å². The lowest BCUT2D eigenvalue weighted by molar-refractivity contribution is 0.0702. The standard InChI is InChI=1S/C12H7ClN2O4S2/c13-10-3-8(2-1-7(10)5-14)15-21(18,19)9-4-11(12(16)17)20-6-9/h1-4,6,15H,(H,16,17). The molecule has 0 bridgehead atoms. The zero-order valence-electron chi connectivity index (χ0n) is 10.2. The Bertz CT molecular complexity index is 852. The van der Waals surface area contributed by atoms with Crippen LogP contribution in [0, 0.1) is 11.3 Å². The molecule has 0 atom stereocenters. The summed E-state index contributed by atoms with van der Waals surface area (Å²) in [7, 11) is -3.91. The van der Waals surface area contributed by atoms with E-state index in [1.807, 2.05) is 6.07 Å². The van der Waals surface area contributed by atoms with Gasteiger partial charge in [-0.2, -0.15) is 5.26 Å². The number of hydrogen-bond acceptors (Lipinski definition) is 5. The van der Waals surface area contributed by atoms with Gasteiger partial charge in [-0.05, 0) is 24.3 Å². The van der Waals surface area contributed by atoms with Crippen molar-refractivity contribution in [2.45, 2.75) is 4.90 Å². The monoisotopic (exact) mass is 342 g/mol. The molecule has 6 nitrogen and oxygen atoms in total. The Morgan fingerprint density at radius 2 is 2.10 bits per heavy atom. The predicted octanol–water partition coefficient (Wildman–Crippen LogP) is 2.77. The molecule has 0 unspecified atom stereocenters. The average Bonchev–Trinajstić information content (AvgIpc) is 2.89. The van der Waals surface area contributed by atoms with Crippen molar-refractivity contribution in [1.82, 2.24) is 0 Å². The van der Waals surface area contributed by atoms with E-state index in [9.17, 15) is 13.2 Å². The molecule has 1 aromatic carbocycles. The number of carbonyl (C=O) groups is 1. The first-order chi connectivity index (χ1) is 9.83. The second-order valence-electron chi connectivity index (χ2n) is 3.86. The molecule has 0 amide bonds. The zero-order valence-corrected chi connectivity index (χ0v) is 12.6. The number of carboxylic acids is 1. The van der Waals surface area contributed by atoms with Crippen LogP contribution in [0.4, 0.5) is 5.69 Å². The van der Waals surface area contributed by atoms with Crippen LogP contribution in [-0.4, -0.2) is 19.5 Å². The molecule has 21 heavy (non-hydrogen) atoms. The van der Waals surface area contributed by atoms with E-state index < -0.39 is 16.0 Å². The van der Waals surface area contributed by atoms with E-state index in [0.717, 1.165) is 17.4 Å². The summed E-state index contributed by atoms with van der Waals surface area (Å²) in [6.07, 6.45) is 0. The number of nitriles is 1. The van der Waals surface area contributed by atoms with E-state index in [0.29, 0.717) is 0 Å². The lowest BCUT2D eigenvalue weighted by Gasteiger charge is -2.07. The molecule has 1 aromatic heterocycles. The van der Waals surface area contributed by atoms with E-state index in [-0.39, 0.29) is 26.0 Å². The Morgan fingerprint density at radius 1 is 1.38 bits per heavy atom. The molecule has 2 N–H and O–H groups in total. The van der Waals surface area contributed by atoms with Crippen LogP contribution < -0.4 is 4.72 Å². The number of halogens is 1. The molecule has 2 rings (SSSR count). The Balaban J connectivity index is 2.31. The third-order valence-corrected chi connectivity index (χ3v) is 5.18. The van der Waals surface area contributed by atoms with Gasteiger partial charge in [0.1, 0.15) is 10.9 Å². The number of nitrogens with zero attached hydrogens (tertiary/aromatic N) is 1. The van der Waals surface area contributed by atoms with Crippen LogP contribution >= 0.6 is 22.9 Å². The second kappa shape index (κ2) is 5.73. The van der Waals surface area contributed by atoms with Gasteiger partial charge in [0.25, 0.3) is 10.0 Å². The van der Waals surface area contributed by atoms with Crippen molar-refractivity contribution in [2.75, 3.05) is 4.72 Å². The summed E-state index contributed by atoms with van der Waals surface area (Å²) in [6, 6.07) is 7.02. The number of nitrogens with one attached hydrogen (secondary N) is 1. The van der Waals surface area contributed by atoms with Crippen LogP contribution in [0.25, 0.3) is 0 Å². The summed E-state index contributed by atoms with van der Waals surface area (Å²) >= 11 is 6.63. The third-order valence-electron chi connectivity index (χ3n) is 2.44. The van der Waals surface area contributed by atoms with Crippen molar-refractivity contribution in [3.8, 4) is 6.07 Å². The number of benzene rings is 1. The Morgan fingerprint density at radius 3 is 2.62 bits per heavy atom. The fourth-order valence-corrected chi connectivity index (χ4v) is 3.84. The topological polar surface area (TPSA) is 107 Å². The third kappa shape index (κ3) is 3.33. The van der Waals surface area contributed by atoms with Crippen molar-refractivity contribution < 1.29 is 18.3 Å². The fraction of sp³-hybridized carbons (Fsp3) is 0. The minimum absolute atomic E-state index is 0.0757. The predicted molar refractivity (Wildman–Crippen MR) is 78.3 cm³/mol. The van der Waals surface area contributed by atoms with Gasteiger partial charge in [-0.15, -0.1) is 11.3 Å². The molecule has 0 saturated carbocycles. The van der Waals surface area contributed by atoms with E-state index in [2.05, 4.69) is 4.72 Å². The smallest absolute Gasteiger partial charge is 0.345 e. The van der Waals surface area contributed by atoms with Crippen LogP contribution in [0.1, 0.15) is 15.2 Å². The van der Waals surface area contributed by atoms with Gasteiger partial charge in [0, 0.05) is 5.38 Å². The van der Waals surface area contributed by atoms with Gasteiger partial charge in [0.2, 0.25) is 0 Å². The highest BCUT2D eigenvalue weighted by Gasteiger charge is 2.19. The minimum Gasteiger partial charge on any atom is -0.477 e. The summed E-state index contributed by atoms with van der Waals surface area (Å²) in [4.78, 5) is 10.5. The van der Waals surface area contributed by atoms with Gasteiger partial charge in [0.15, 0.2) is 0 Å². The number of carboxylic acid groups (broad SMARTS) is 1. The summed E-state index contributed by atoms with van der Waals surface area (Å²) in [6.45, 7) is 0. The molecule has 0 radical (unpaired) electrons. The molecule has 0 aliphatic heterocycles. The SMILES string of the molecule is N#Cc1ccc(NS(=O)(=O)c2csc(C(=O)O)c2)cc1Cl. The maximum absolute atomic E-state index is 12.1. The van der Waals surface area contributed by atoms with Crippen molar-refractivity contribution >= 4 is 44.6 Å². The molecular weight excluding hydrogens is 336 g/mol. The van der Waals surface area contributed by atoms with E-state index in [1.54, 1.807) is 0 Å². The highest BCUT2D eigenvalue weighted by atomic mass is 35.5. The van der Waals surface area contributed by atoms with Gasteiger partial charge in [-0.25, -0.2) is 13.2 Å². The van der Waals surface area contributed by atoms with Crippen LogP contribution in [0.15, 0.2) is 34.5 Å². The Kier molecular flexibility index (Phi) is 4.18. The first-order valence-electron chi connectivity index (χ1n) is 5.38. The number of aromatic carboxylic acids is 1. The molecule has 9 heteroatoms. The summed E-state index contributed by atoms with van der Waals surface area (Å²) < 4.78 is 26.5. The molecule has 0 saturated heterocycles. The van der Waals surface area contributed by atoms with Crippen LogP contribution in [0.5, 0.6) is 0 Å². The largest absolute Gasteiger partial charge is 0.477 e. The summed E-state index contributed by atoms with van der Waals surface area (Å²) in [5.74, 6) is -1.19. The molecule has 2 aromatic rings. The Labute approximate surface area is 129 Å². The number of sulfonamides is 1. The van der Waals surface area contributed by atoms with Crippen molar-refractivity contribution in [3.05, 3.63) is 45.1 Å². The lowest BCUT2D eigenvalue weighted by atomic mass is 10.2. The normalized spacial score (nSPS) is 10.9. The first-order valence-corrected chi connectivity index (χ1v) is 8.12. The molecule has 0 aliphatic rings. The molecule has 0 fully saturated rings. The van der Waals surface area contributed by atoms with Gasteiger partial charge < -0.3 is 5.11 Å². The molecule has 108 valence electrons. The molecule has 0 spiro atoms. The number of thiophene rings is 1. The van der Waals surface area contributed by atoms with E-state index >= 15 is 0 Å².